The van der Waals surface area contributed by atoms with Crippen LogP contribution in [0.25, 0.3) is 0 Å². The van der Waals surface area contributed by atoms with Crippen LogP contribution in [0, 0.1) is 13.8 Å². The number of imide groups is 1. The lowest BCUT2D eigenvalue weighted by molar-refractivity contribution is -0.143. The first kappa shape index (κ1) is 24.9. The predicted molar refractivity (Wildman–Crippen MR) is 137 cm³/mol. The summed E-state index contributed by atoms with van der Waals surface area (Å²) in [6.07, 6.45) is 0.0601. The lowest BCUT2D eigenvalue weighted by Crippen LogP contribution is -2.51. The van der Waals surface area contributed by atoms with Crippen molar-refractivity contribution in [1.29, 1.82) is 0 Å². The Labute approximate surface area is 208 Å². The molecule has 2 aromatic rings. The SMILES string of the molecule is Cc1ccc(N2CCN(C(=O)C[C@@]3(c4ccccc4C)CC(=O)N(CCN(C)C)C3=O)CC2)cc1. The fraction of sp³-hybridized carbons (Fsp3) is 0.464. The molecule has 1 atom stereocenters. The van der Waals surface area contributed by atoms with Crippen LogP contribution < -0.4 is 4.90 Å². The van der Waals surface area contributed by atoms with Crippen molar-refractivity contribution in [3.8, 4) is 0 Å². The Morgan fingerprint density at radius 2 is 1.60 bits per heavy atom. The number of anilines is 1. The monoisotopic (exact) mass is 476 g/mol. The van der Waals surface area contributed by atoms with Crippen LogP contribution in [-0.2, 0) is 19.8 Å². The van der Waals surface area contributed by atoms with Gasteiger partial charge in [0.05, 0.1) is 5.41 Å². The molecule has 2 aliphatic heterocycles. The highest BCUT2D eigenvalue weighted by atomic mass is 16.2. The van der Waals surface area contributed by atoms with E-state index in [-0.39, 0.29) is 30.6 Å². The van der Waals surface area contributed by atoms with Gasteiger partial charge in [0.1, 0.15) is 0 Å². The van der Waals surface area contributed by atoms with E-state index in [1.165, 1.54) is 10.5 Å². The van der Waals surface area contributed by atoms with Crippen LogP contribution in [0.4, 0.5) is 5.69 Å². The van der Waals surface area contributed by atoms with Gasteiger partial charge in [-0.1, -0.05) is 42.0 Å². The zero-order valence-electron chi connectivity index (χ0n) is 21.3. The van der Waals surface area contributed by atoms with Crippen molar-refractivity contribution >= 4 is 23.4 Å². The Hall–Kier alpha value is -3.19. The molecule has 2 saturated heterocycles. The van der Waals surface area contributed by atoms with Crippen molar-refractivity contribution in [3.63, 3.8) is 0 Å². The standard InChI is InChI=1S/C28H36N4O3/c1-21-9-11-23(12-10-21)30-14-16-31(17-15-30)25(33)19-28(24-8-6-5-7-22(24)2)20-26(34)32(27(28)35)18-13-29(3)4/h5-12H,13-20H2,1-4H3/t28-/m0/s1. The van der Waals surface area contributed by atoms with Gasteiger partial charge in [-0.15, -0.1) is 0 Å². The zero-order valence-corrected chi connectivity index (χ0v) is 21.3. The van der Waals surface area contributed by atoms with Crippen molar-refractivity contribution in [2.45, 2.75) is 32.1 Å². The molecule has 0 bridgehead atoms. The van der Waals surface area contributed by atoms with Crippen LogP contribution in [-0.4, -0.2) is 85.8 Å². The third kappa shape index (κ3) is 5.10. The maximum atomic E-state index is 13.8. The molecule has 0 N–H and O–H groups in total. The molecular formula is C28H36N4O3. The number of likely N-dealkylation sites (N-methyl/N-ethyl adjacent to an activating group) is 1. The molecule has 0 aliphatic carbocycles. The van der Waals surface area contributed by atoms with Gasteiger partial charge in [0.2, 0.25) is 17.7 Å². The van der Waals surface area contributed by atoms with Gasteiger partial charge < -0.3 is 14.7 Å². The van der Waals surface area contributed by atoms with Gasteiger partial charge in [0, 0.05) is 57.8 Å². The minimum absolute atomic E-state index is 0.0193. The van der Waals surface area contributed by atoms with E-state index in [1.807, 2.05) is 55.1 Å². The molecular weight excluding hydrogens is 440 g/mol. The highest BCUT2D eigenvalue weighted by Crippen LogP contribution is 2.41. The first-order valence-electron chi connectivity index (χ1n) is 12.4. The quantitative estimate of drug-likeness (QED) is 0.575. The van der Waals surface area contributed by atoms with Gasteiger partial charge >= 0.3 is 0 Å². The molecule has 3 amide bonds. The smallest absolute Gasteiger partial charge is 0.240 e. The molecule has 7 heteroatoms. The summed E-state index contributed by atoms with van der Waals surface area (Å²) in [5, 5.41) is 0. The van der Waals surface area contributed by atoms with Crippen molar-refractivity contribution in [1.82, 2.24) is 14.7 Å². The molecule has 0 radical (unpaired) electrons. The van der Waals surface area contributed by atoms with Crippen LogP contribution in [0.2, 0.25) is 0 Å². The van der Waals surface area contributed by atoms with E-state index in [9.17, 15) is 14.4 Å². The van der Waals surface area contributed by atoms with Crippen LogP contribution >= 0.6 is 0 Å². The van der Waals surface area contributed by atoms with Gasteiger partial charge in [-0.3, -0.25) is 19.3 Å². The van der Waals surface area contributed by atoms with E-state index >= 15 is 0 Å². The van der Waals surface area contributed by atoms with Crippen molar-refractivity contribution < 1.29 is 14.4 Å². The largest absolute Gasteiger partial charge is 0.368 e. The van der Waals surface area contributed by atoms with Gasteiger partial charge in [-0.25, -0.2) is 0 Å². The van der Waals surface area contributed by atoms with Gasteiger partial charge in [-0.2, -0.15) is 0 Å². The molecule has 7 nitrogen and oxygen atoms in total. The highest BCUT2D eigenvalue weighted by molar-refractivity contribution is 6.11. The fourth-order valence-electron chi connectivity index (χ4n) is 5.22. The molecule has 0 aromatic heterocycles. The molecule has 186 valence electrons. The number of hydrogen-bond acceptors (Lipinski definition) is 5. The van der Waals surface area contributed by atoms with Crippen LogP contribution in [0.3, 0.4) is 0 Å². The Kier molecular flexibility index (Phi) is 7.26. The molecule has 0 saturated carbocycles. The zero-order chi connectivity index (χ0) is 25.2. The normalized spacial score (nSPS) is 20.8. The Balaban J connectivity index is 1.53. The average Bonchev–Trinajstić information content (AvgIpc) is 3.07. The third-order valence-electron chi connectivity index (χ3n) is 7.32. The molecule has 4 rings (SSSR count). The summed E-state index contributed by atoms with van der Waals surface area (Å²) < 4.78 is 0. The number of piperazine rings is 1. The van der Waals surface area contributed by atoms with E-state index in [4.69, 9.17) is 0 Å². The van der Waals surface area contributed by atoms with E-state index in [2.05, 4.69) is 36.1 Å². The van der Waals surface area contributed by atoms with Crippen LogP contribution in [0.5, 0.6) is 0 Å². The molecule has 0 spiro atoms. The number of likely N-dealkylation sites (tertiary alicyclic amines) is 1. The number of carbonyl (C=O) groups excluding carboxylic acids is 3. The Morgan fingerprint density at radius 3 is 2.23 bits per heavy atom. The summed E-state index contributed by atoms with van der Waals surface area (Å²) in [5.41, 5.74) is 2.96. The second-order valence-corrected chi connectivity index (χ2v) is 10.1. The number of aryl methyl sites for hydroxylation is 2. The van der Waals surface area contributed by atoms with Gasteiger partial charge in [0.25, 0.3) is 0 Å². The number of carbonyl (C=O) groups is 3. The summed E-state index contributed by atoms with van der Waals surface area (Å²) >= 11 is 0. The second-order valence-electron chi connectivity index (χ2n) is 10.1. The number of amides is 3. The minimum atomic E-state index is -1.14. The summed E-state index contributed by atoms with van der Waals surface area (Å²) in [6, 6.07) is 16.1. The van der Waals surface area contributed by atoms with Crippen molar-refractivity contribution in [3.05, 3.63) is 65.2 Å². The van der Waals surface area contributed by atoms with Crippen molar-refractivity contribution in [2.24, 2.45) is 0 Å². The molecule has 0 unspecified atom stereocenters. The topological polar surface area (TPSA) is 64.2 Å². The van der Waals surface area contributed by atoms with Gasteiger partial charge in [-0.05, 0) is 51.2 Å². The summed E-state index contributed by atoms with van der Waals surface area (Å²) in [4.78, 5) is 47.8. The lowest BCUT2D eigenvalue weighted by Gasteiger charge is -2.38. The minimum Gasteiger partial charge on any atom is -0.368 e. The van der Waals surface area contributed by atoms with E-state index in [0.717, 1.165) is 29.9 Å². The van der Waals surface area contributed by atoms with Crippen LogP contribution in [0.15, 0.2) is 48.5 Å². The average molecular weight is 477 g/mol. The first-order chi connectivity index (χ1) is 16.7. The maximum absolute atomic E-state index is 13.8. The Morgan fingerprint density at radius 1 is 0.943 bits per heavy atom. The summed E-state index contributed by atoms with van der Waals surface area (Å²) in [5.74, 6) is -0.505. The number of rotatable bonds is 7. The third-order valence-corrected chi connectivity index (χ3v) is 7.32. The predicted octanol–water partition coefficient (Wildman–Crippen LogP) is 2.60. The van der Waals surface area contributed by atoms with E-state index in [1.54, 1.807) is 0 Å². The number of benzene rings is 2. The first-order valence-corrected chi connectivity index (χ1v) is 12.4. The fourth-order valence-corrected chi connectivity index (χ4v) is 5.22. The summed E-state index contributed by atoms with van der Waals surface area (Å²) in [6.45, 7) is 7.63. The molecule has 35 heavy (non-hydrogen) atoms. The molecule has 2 fully saturated rings. The Bertz CT molecular complexity index is 1090. The molecule has 2 aromatic carbocycles. The number of nitrogens with zero attached hydrogens (tertiary/aromatic N) is 4. The highest BCUT2D eigenvalue weighted by Gasteiger charge is 2.54. The number of hydrogen-bond donors (Lipinski definition) is 0. The second kappa shape index (κ2) is 10.2. The van der Waals surface area contributed by atoms with E-state index < -0.39 is 5.41 Å². The summed E-state index contributed by atoms with van der Waals surface area (Å²) in [7, 11) is 3.83. The molecule has 2 aliphatic rings. The maximum Gasteiger partial charge on any atom is 0.240 e. The molecule has 2 heterocycles. The van der Waals surface area contributed by atoms with Crippen LogP contribution in [0.1, 0.15) is 29.5 Å². The van der Waals surface area contributed by atoms with Crippen molar-refractivity contribution in [2.75, 3.05) is 58.3 Å². The lowest BCUT2D eigenvalue weighted by atomic mass is 9.74. The van der Waals surface area contributed by atoms with Gasteiger partial charge in [0.15, 0.2) is 0 Å². The van der Waals surface area contributed by atoms with E-state index in [0.29, 0.717) is 26.2 Å².